The topological polar surface area (TPSA) is 56.9 Å². The van der Waals surface area contributed by atoms with E-state index in [1.165, 1.54) is 12.8 Å². The third-order valence-electron chi connectivity index (χ3n) is 6.06. The van der Waals surface area contributed by atoms with E-state index in [9.17, 15) is 9.90 Å². The molecule has 1 aromatic rings. The van der Waals surface area contributed by atoms with Gasteiger partial charge in [0.25, 0.3) is 5.91 Å². The first-order chi connectivity index (χ1) is 11.1. The summed E-state index contributed by atoms with van der Waals surface area (Å²) in [6, 6.07) is 2.13. The molecule has 5 heteroatoms. The van der Waals surface area contributed by atoms with Crippen molar-refractivity contribution in [1.29, 1.82) is 0 Å². The second-order valence-electron chi connectivity index (χ2n) is 7.51. The Morgan fingerprint density at radius 3 is 2.57 bits per heavy atom. The molecule has 1 saturated carbocycles. The molecule has 1 aliphatic carbocycles. The molecule has 1 aromatic heterocycles. The summed E-state index contributed by atoms with van der Waals surface area (Å²) in [5.41, 5.74) is 0.903. The van der Waals surface area contributed by atoms with Crippen molar-refractivity contribution in [3.63, 3.8) is 0 Å². The van der Waals surface area contributed by atoms with E-state index in [1.807, 2.05) is 17.9 Å². The second kappa shape index (κ2) is 5.95. The van der Waals surface area contributed by atoms with Gasteiger partial charge in [-0.3, -0.25) is 9.69 Å². The van der Waals surface area contributed by atoms with E-state index < -0.39 is 0 Å². The van der Waals surface area contributed by atoms with Crippen LogP contribution < -0.4 is 0 Å². The van der Waals surface area contributed by atoms with E-state index in [4.69, 9.17) is 4.42 Å². The van der Waals surface area contributed by atoms with Gasteiger partial charge in [-0.15, -0.1) is 0 Å². The first kappa shape index (κ1) is 15.2. The zero-order valence-corrected chi connectivity index (χ0v) is 13.8. The smallest absolute Gasteiger partial charge is 0.289 e. The van der Waals surface area contributed by atoms with Crippen molar-refractivity contribution in [2.45, 2.75) is 44.8 Å². The molecule has 126 valence electrons. The van der Waals surface area contributed by atoms with Gasteiger partial charge < -0.3 is 14.4 Å². The van der Waals surface area contributed by atoms with Crippen LogP contribution in [0.1, 0.15) is 41.8 Å². The minimum absolute atomic E-state index is 0.00844. The number of aliphatic hydroxyl groups is 1. The van der Waals surface area contributed by atoms with E-state index >= 15 is 0 Å². The number of carbonyl (C=O) groups excluding carboxylic acids is 1. The van der Waals surface area contributed by atoms with Gasteiger partial charge in [0.1, 0.15) is 0 Å². The number of hydrogen-bond donors (Lipinski definition) is 1. The van der Waals surface area contributed by atoms with Crippen LogP contribution in [0.3, 0.4) is 0 Å². The first-order valence-corrected chi connectivity index (χ1v) is 8.89. The van der Waals surface area contributed by atoms with Crippen LogP contribution in [0, 0.1) is 18.8 Å². The quantitative estimate of drug-likeness (QED) is 0.905. The average molecular weight is 318 g/mol. The Labute approximate surface area is 137 Å². The van der Waals surface area contributed by atoms with Crippen molar-refractivity contribution < 1.29 is 14.3 Å². The summed E-state index contributed by atoms with van der Waals surface area (Å²) in [5.74, 6) is 1.43. The molecule has 4 atom stereocenters. The summed E-state index contributed by atoms with van der Waals surface area (Å²) in [6.45, 7) is 5.71. The van der Waals surface area contributed by atoms with Crippen LogP contribution in [0.2, 0.25) is 0 Å². The van der Waals surface area contributed by atoms with Gasteiger partial charge in [0, 0.05) is 24.7 Å². The second-order valence-corrected chi connectivity index (χ2v) is 7.51. The monoisotopic (exact) mass is 318 g/mol. The van der Waals surface area contributed by atoms with Crippen molar-refractivity contribution in [2.24, 2.45) is 11.8 Å². The Hall–Kier alpha value is -1.33. The number of likely N-dealkylation sites (tertiary alicyclic amines) is 2. The number of aliphatic hydroxyl groups excluding tert-OH is 1. The van der Waals surface area contributed by atoms with E-state index in [1.54, 1.807) is 6.26 Å². The van der Waals surface area contributed by atoms with Crippen LogP contribution in [0.25, 0.3) is 0 Å². The Morgan fingerprint density at radius 1 is 1.22 bits per heavy atom. The first-order valence-electron chi connectivity index (χ1n) is 8.89. The van der Waals surface area contributed by atoms with Crippen molar-refractivity contribution in [2.75, 3.05) is 26.2 Å². The van der Waals surface area contributed by atoms with Gasteiger partial charge in [-0.2, -0.15) is 0 Å². The standard InChI is InChI=1S/C18H26N2O3/c1-12-4-7-23-17(12)18(22)20-10-13-8-15(19-5-2-3-6-19)16(21)9-14(13)11-20/h4,7,13-16,21H,2-3,5-6,8-11H2,1H3/t13-,14+,15-,16-/m1/s1. The number of rotatable bonds is 2. The van der Waals surface area contributed by atoms with Crippen LogP contribution in [0.15, 0.2) is 16.7 Å². The Bertz CT molecular complexity index is 579. The third kappa shape index (κ3) is 2.70. The third-order valence-corrected chi connectivity index (χ3v) is 6.06. The Balaban J connectivity index is 1.45. The van der Waals surface area contributed by atoms with E-state index in [0.717, 1.165) is 44.6 Å². The van der Waals surface area contributed by atoms with Crippen LogP contribution in [0.4, 0.5) is 0 Å². The Morgan fingerprint density at radius 2 is 1.91 bits per heavy atom. The zero-order valence-electron chi connectivity index (χ0n) is 13.8. The molecular weight excluding hydrogens is 292 g/mol. The van der Waals surface area contributed by atoms with Crippen LogP contribution in [-0.4, -0.2) is 59.1 Å². The highest BCUT2D eigenvalue weighted by atomic mass is 16.3. The van der Waals surface area contributed by atoms with E-state index in [0.29, 0.717) is 23.6 Å². The van der Waals surface area contributed by atoms with Gasteiger partial charge >= 0.3 is 0 Å². The Kier molecular flexibility index (Phi) is 3.93. The fourth-order valence-electron chi connectivity index (χ4n) is 4.77. The van der Waals surface area contributed by atoms with Crippen LogP contribution >= 0.6 is 0 Å². The van der Waals surface area contributed by atoms with Gasteiger partial charge in [0.15, 0.2) is 5.76 Å². The lowest BCUT2D eigenvalue weighted by atomic mass is 9.77. The number of aryl methyl sites for hydroxylation is 1. The van der Waals surface area contributed by atoms with Crippen LogP contribution in [0.5, 0.6) is 0 Å². The molecule has 5 nitrogen and oxygen atoms in total. The highest BCUT2D eigenvalue weighted by Gasteiger charge is 2.45. The maximum absolute atomic E-state index is 12.7. The molecule has 3 heterocycles. The van der Waals surface area contributed by atoms with Crippen molar-refractivity contribution >= 4 is 5.91 Å². The summed E-state index contributed by atoms with van der Waals surface area (Å²) in [5, 5.41) is 10.6. The summed E-state index contributed by atoms with van der Waals surface area (Å²) in [6.07, 6.45) is 5.69. The lowest BCUT2D eigenvalue weighted by Gasteiger charge is -2.40. The minimum atomic E-state index is -0.241. The number of fused-ring (bicyclic) bond motifs is 1. The molecule has 3 aliphatic rings. The lowest BCUT2D eigenvalue weighted by Crippen LogP contribution is -2.48. The highest BCUT2D eigenvalue weighted by Crippen LogP contribution is 2.39. The summed E-state index contributed by atoms with van der Waals surface area (Å²) < 4.78 is 5.37. The normalized spacial score (nSPS) is 34.8. The molecule has 1 N–H and O–H groups in total. The number of amides is 1. The van der Waals surface area contributed by atoms with E-state index in [-0.39, 0.29) is 12.0 Å². The summed E-state index contributed by atoms with van der Waals surface area (Å²) in [7, 11) is 0. The number of furan rings is 1. The van der Waals surface area contributed by atoms with Crippen LogP contribution in [-0.2, 0) is 0 Å². The molecule has 4 rings (SSSR count). The van der Waals surface area contributed by atoms with Gasteiger partial charge in [-0.25, -0.2) is 0 Å². The van der Waals surface area contributed by atoms with Crippen molar-refractivity contribution in [3.8, 4) is 0 Å². The number of hydrogen-bond acceptors (Lipinski definition) is 4. The molecule has 3 fully saturated rings. The molecule has 2 aliphatic heterocycles. The molecule has 2 saturated heterocycles. The summed E-state index contributed by atoms with van der Waals surface area (Å²) >= 11 is 0. The largest absolute Gasteiger partial charge is 0.459 e. The fraction of sp³-hybridized carbons (Fsp3) is 0.722. The molecule has 0 spiro atoms. The van der Waals surface area contributed by atoms with Gasteiger partial charge in [0.2, 0.25) is 0 Å². The van der Waals surface area contributed by atoms with Crippen molar-refractivity contribution in [1.82, 2.24) is 9.80 Å². The molecule has 0 bridgehead atoms. The zero-order chi connectivity index (χ0) is 16.0. The fourth-order valence-corrected chi connectivity index (χ4v) is 4.77. The van der Waals surface area contributed by atoms with E-state index in [2.05, 4.69) is 4.90 Å². The maximum atomic E-state index is 12.7. The van der Waals surface area contributed by atoms with Gasteiger partial charge in [-0.05, 0) is 63.6 Å². The molecule has 0 aromatic carbocycles. The molecule has 23 heavy (non-hydrogen) atoms. The number of nitrogens with zero attached hydrogens (tertiary/aromatic N) is 2. The maximum Gasteiger partial charge on any atom is 0.289 e. The SMILES string of the molecule is Cc1ccoc1C(=O)N1C[C@H]2C[C@@H](N3CCCC3)[C@H](O)C[C@H]2C1. The number of carbonyl (C=O) groups is 1. The predicted octanol–water partition coefficient (Wildman–Crippen LogP) is 1.90. The van der Waals surface area contributed by atoms with Crippen molar-refractivity contribution in [3.05, 3.63) is 23.7 Å². The average Bonchev–Trinajstić information content (AvgIpc) is 3.25. The summed E-state index contributed by atoms with van der Waals surface area (Å²) in [4.78, 5) is 17.0. The lowest BCUT2D eigenvalue weighted by molar-refractivity contribution is -0.000865. The molecule has 0 unspecified atom stereocenters. The highest BCUT2D eigenvalue weighted by molar-refractivity contribution is 5.93. The predicted molar refractivity (Wildman–Crippen MR) is 86.2 cm³/mol. The molecule has 1 amide bonds. The van der Waals surface area contributed by atoms with Gasteiger partial charge in [0.05, 0.1) is 12.4 Å². The van der Waals surface area contributed by atoms with Gasteiger partial charge in [-0.1, -0.05) is 0 Å². The molecular formula is C18H26N2O3. The molecule has 0 radical (unpaired) electrons. The minimum Gasteiger partial charge on any atom is -0.459 e.